The number of hydrogen-bond acceptors (Lipinski definition) is 2. The summed E-state index contributed by atoms with van der Waals surface area (Å²) in [6, 6.07) is 0. The summed E-state index contributed by atoms with van der Waals surface area (Å²) in [6.07, 6.45) is 6.03. The Labute approximate surface area is 104 Å². The highest BCUT2D eigenvalue weighted by Gasteiger charge is 2.41. The van der Waals surface area contributed by atoms with Crippen molar-refractivity contribution in [1.29, 1.82) is 0 Å². The lowest BCUT2D eigenvalue weighted by atomic mass is 10.0. The Morgan fingerprint density at radius 2 is 2.00 bits per heavy atom. The molecule has 0 bridgehead atoms. The largest absolute Gasteiger partial charge is 0.215 e. The van der Waals surface area contributed by atoms with Crippen LogP contribution in [0.3, 0.4) is 0 Å². The first-order chi connectivity index (χ1) is 7.54. The molecule has 0 aromatic carbocycles. The number of halogens is 1. The lowest BCUT2D eigenvalue weighted by molar-refractivity contribution is 0.449. The highest BCUT2D eigenvalue weighted by molar-refractivity contribution is 7.89. The summed E-state index contributed by atoms with van der Waals surface area (Å²) in [5, 5.41) is 0. The van der Waals surface area contributed by atoms with E-state index in [0.717, 1.165) is 19.3 Å². The fourth-order valence-corrected chi connectivity index (χ4v) is 3.39. The first kappa shape index (κ1) is 14.3. The number of unbranched alkanes of at least 4 members (excludes halogenated alkanes) is 1. The van der Waals surface area contributed by atoms with Crippen LogP contribution in [0.15, 0.2) is 0 Å². The number of rotatable bonds is 9. The van der Waals surface area contributed by atoms with Gasteiger partial charge in [0.15, 0.2) is 0 Å². The van der Waals surface area contributed by atoms with Gasteiger partial charge in [0.2, 0.25) is 10.0 Å². The third-order valence-corrected chi connectivity index (χ3v) is 4.88. The quantitative estimate of drug-likeness (QED) is 0.515. The Morgan fingerprint density at radius 3 is 2.50 bits per heavy atom. The number of nitrogens with one attached hydrogen (secondary N) is 1. The van der Waals surface area contributed by atoms with E-state index >= 15 is 0 Å². The molecule has 1 saturated carbocycles. The fraction of sp³-hybridized carbons (Fsp3) is 1.00. The second-order valence-corrected chi connectivity index (χ2v) is 7.09. The van der Waals surface area contributed by atoms with Crippen LogP contribution in [0.4, 0.5) is 0 Å². The van der Waals surface area contributed by atoms with E-state index in [1.54, 1.807) is 0 Å². The second kappa shape index (κ2) is 6.22. The molecule has 0 saturated heterocycles. The van der Waals surface area contributed by atoms with Crippen molar-refractivity contribution in [3.63, 3.8) is 0 Å². The number of sulfonamides is 1. The van der Waals surface area contributed by atoms with Gasteiger partial charge in [-0.3, -0.25) is 0 Å². The van der Waals surface area contributed by atoms with Crippen LogP contribution in [0, 0.1) is 5.41 Å². The molecule has 0 aliphatic heterocycles. The summed E-state index contributed by atoms with van der Waals surface area (Å²) in [5.74, 6) is 0.747. The summed E-state index contributed by atoms with van der Waals surface area (Å²) < 4.78 is 26.0. The van der Waals surface area contributed by atoms with Gasteiger partial charge in [-0.25, -0.2) is 13.1 Å². The summed E-state index contributed by atoms with van der Waals surface area (Å²) >= 11 is 5.52. The van der Waals surface area contributed by atoms with Crippen LogP contribution in [-0.4, -0.2) is 26.6 Å². The van der Waals surface area contributed by atoms with E-state index in [4.69, 9.17) is 11.6 Å². The Kier molecular flexibility index (Phi) is 5.54. The topological polar surface area (TPSA) is 46.2 Å². The molecule has 1 fully saturated rings. The maximum atomic E-state index is 11.6. The minimum Gasteiger partial charge on any atom is -0.215 e. The SMILES string of the molecule is CCCC1(CNS(=O)(=O)CCCCCl)CC1. The average molecular weight is 268 g/mol. The molecule has 1 N–H and O–H groups in total. The van der Waals surface area contributed by atoms with Gasteiger partial charge < -0.3 is 0 Å². The molecule has 1 rings (SSSR count). The summed E-state index contributed by atoms with van der Waals surface area (Å²) in [6.45, 7) is 2.78. The van der Waals surface area contributed by atoms with Crippen LogP contribution in [0.1, 0.15) is 45.4 Å². The summed E-state index contributed by atoms with van der Waals surface area (Å²) in [7, 11) is -3.07. The van der Waals surface area contributed by atoms with Gasteiger partial charge in [0.25, 0.3) is 0 Å². The molecular formula is C11H22ClNO2S. The predicted molar refractivity (Wildman–Crippen MR) is 68.3 cm³/mol. The molecule has 0 heterocycles. The van der Waals surface area contributed by atoms with Crippen LogP contribution in [-0.2, 0) is 10.0 Å². The Bertz CT molecular complexity index is 299. The van der Waals surface area contributed by atoms with Crippen LogP contribution in [0.2, 0.25) is 0 Å². The van der Waals surface area contributed by atoms with Gasteiger partial charge in [0.1, 0.15) is 0 Å². The van der Waals surface area contributed by atoms with Crippen molar-refractivity contribution in [2.24, 2.45) is 5.41 Å². The molecule has 0 radical (unpaired) electrons. The maximum absolute atomic E-state index is 11.6. The van der Waals surface area contributed by atoms with E-state index in [1.165, 1.54) is 12.8 Å². The molecule has 1 aliphatic carbocycles. The van der Waals surface area contributed by atoms with Gasteiger partial charge in [-0.15, -0.1) is 11.6 Å². The van der Waals surface area contributed by atoms with Gasteiger partial charge in [-0.2, -0.15) is 0 Å². The van der Waals surface area contributed by atoms with Crippen LogP contribution in [0.5, 0.6) is 0 Å². The van der Waals surface area contributed by atoms with E-state index in [1.807, 2.05) is 0 Å². The van der Waals surface area contributed by atoms with Crippen molar-refractivity contribution in [2.75, 3.05) is 18.2 Å². The van der Waals surface area contributed by atoms with Crippen molar-refractivity contribution in [3.8, 4) is 0 Å². The minimum absolute atomic E-state index is 0.210. The van der Waals surface area contributed by atoms with Crippen LogP contribution < -0.4 is 4.72 Å². The van der Waals surface area contributed by atoms with E-state index in [-0.39, 0.29) is 11.2 Å². The standard InChI is InChI=1S/C11H22ClNO2S/c1-2-5-11(6-7-11)10-13-16(14,15)9-4-3-8-12/h13H,2-10H2,1H3. The maximum Gasteiger partial charge on any atom is 0.211 e. The molecule has 3 nitrogen and oxygen atoms in total. The normalized spacial score (nSPS) is 18.6. The summed E-state index contributed by atoms with van der Waals surface area (Å²) in [4.78, 5) is 0. The number of alkyl halides is 1. The molecule has 0 aromatic heterocycles. The monoisotopic (exact) mass is 267 g/mol. The van der Waals surface area contributed by atoms with Crippen molar-refractivity contribution >= 4 is 21.6 Å². The second-order valence-electron chi connectivity index (χ2n) is 4.79. The van der Waals surface area contributed by atoms with Crippen molar-refractivity contribution in [2.45, 2.75) is 45.4 Å². The lowest BCUT2D eigenvalue weighted by Crippen LogP contribution is -2.32. The third-order valence-electron chi connectivity index (χ3n) is 3.20. The first-order valence-corrected chi connectivity index (χ1v) is 8.26. The first-order valence-electron chi connectivity index (χ1n) is 6.07. The Balaban J connectivity index is 2.25. The third kappa shape index (κ3) is 5.02. The van der Waals surface area contributed by atoms with E-state index in [9.17, 15) is 8.42 Å². The van der Waals surface area contributed by atoms with Crippen molar-refractivity contribution in [1.82, 2.24) is 4.72 Å². The highest BCUT2D eigenvalue weighted by atomic mass is 35.5. The predicted octanol–water partition coefficient (Wildman–Crippen LogP) is 2.51. The zero-order chi connectivity index (χ0) is 12.1. The van der Waals surface area contributed by atoms with E-state index in [0.29, 0.717) is 18.8 Å². The van der Waals surface area contributed by atoms with Crippen LogP contribution >= 0.6 is 11.6 Å². The van der Waals surface area contributed by atoms with Crippen LogP contribution in [0.25, 0.3) is 0 Å². The molecule has 0 amide bonds. The molecule has 5 heteroatoms. The average Bonchev–Trinajstić information content (AvgIpc) is 2.97. The van der Waals surface area contributed by atoms with Crippen molar-refractivity contribution < 1.29 is 8.42 Å². The van der Waals surface area contributed by atoms with Gasteiger partial charge in [0.05, 0.1) is 5.75 Å². The fourth-order valence-electron chi connectivity index (χ4n) is 1.94. The molecule has 16 heavy (non-hydrogen) atoms. The molecule has 1 aliphatic rings. The molecular weight excluding hydrogens is 246 g/mol. The van der Waals surface area contributed by atoms with Gasteiger partial charge in [-0.05, 0) is 37.5 Å². The Hall–Kier alpha value is 0.200. The molecule has 0 aromatic rings. The number of hydrogen-bond donors (Lipinski definition) is 1. The molecule has 0 atom stereocenters. The smallest absolute Gasteiger partial charge is 0.211 e. The zero-order valence-electron chi connectivity index (χ0n) is 9.97. The van der Waals surface area contributed by atoms with E-state index in [2.05, 4.69) is 11.6 Å². The van der Waals surface area contributed by atoms with Crippen molar-refractivity contribution in [3.05, 3.63) is 0 Å². The lowest BCUT2D eigenvalue weighted by Gasteiger charge is -2.14. The molecule has 0 spiro atoms. The van der Waals surface area contributed by atoms with E-state index < -0.39 is 10.0 Å². The minimum atomic E-state index is -3.07. The Morgan fingerprint density at radius 1 is 1.31 bits per heavy atom. The summed E-state index contributed by atoms with van der Waals surface area (Å²) in [5.41, 5.74) is 0.286. The van der Waals surface area contributed by atoms with Gasteiger partial charge >= 0.3 is 0 Å². The highest BCUT2D eigenvalue weighted by Crippen LogP contribution is 2.49. The molecule has 96 valence electrons. The molecule has 0 unspecified atom stereocenters. The van der Waals surface area contributed by atoms with Gasteiger partial charge in [-0.1, -0.05) is 13.3 Å². The van der Waals surface area contributed by atoms with Gasteiger partial charge in [0, 0.05) is 12.4 Å². The zero-order valence-corrected chi connectivity index (χ0v) is 11.5.